The summed E-state index contributed by atoms with van der Waals surface area (Å²) >= 11 is 0. The van der Waals surface area contributed by atoms with Crippen LogP contribution in [0.25, 0.3) is 0 Å². The van der Waals surface area contributed by atoms with Crippen LogP contribution in [0.2, 0.25) is 0 Å². The smallest absolute Gasteiger partial charge is 0.155 e. The van der Waals surface area contributed by atoms with Crippen LogP contribution in [0.5, 0.6) is 0 Å². The molecule has 1 rings (SSSR count). The van der Waals surface area contributed by atoms with E-state index in [1.54, 1.807) is 51.1 Å². The first-order valence-corrected chi connectivity index (χ1v) is 7.94. The van der Waals surface area contributed by atoms with Gasteiger partial charge in [-0.15, -0.1) is 0 Å². The van der Waals surface area contributed by atoms with E-state index in [1.165, 1.54) is 0 Å². The molecule has 0 spiro atoms. The van der Waals surface area contributed by atoms with Gasteiger partial charge in [0.25, 0.3) is 0 Å². The molecule has 0 amide bonds. The lowest BCUT2D eigenvalue weighted by molar-refractivity contribution is 0.169. The van der Waals surface area contributed by atoms with E-state index in [0.29, 0.717) is 5.56 Å². The molecule has 1 aromatic rings. The Morgan fingerprint density at radius 1 is 1.16 bits per heavy atom. The Balaban J connectivity index is 2.91. The predicted octanol–water partition coefficient (Wildman–Crippen LogP) is 2.41. The second kappa shape index (κ2) is 5.59. The third kappa shape index (κ3) is 3.76. The first kappa shape index (κ1) is 16.1. The van der Waals surface area contributed by atoms with E-state index in [-0.39, 0.29) is 18.7 Å². The highest BCUT2D eigenvalue weighted by Crippen LogP contribution is 2.30. The molecular weight excluding hydrogens is 265 g/mol. The summed E-state index contributed by atoms with van der Waals surface area (Å²) in [5.41, 5.74) is 4.15. The summed E-state index contributed by atoms with van der Waals surface area (Å²) in [5, 5.41) is 0. The number of nitrogens with two attached hydrogens (primary N) is 1. The van der Waals surface area contributed by atoms with E-state index in [0.717, 1.165) is 0 Å². The molecular formula is C14H22FNO2S. The normalized spacial score (nSPS) is 16.1. The van der Waals surface area contributed by atoms with Crippen LogP contribution >= 0.6 is 0 Å². The molecule has 2 N–H and O–H groups in total. The van der Waals surface area contributed by atoms with E-state index in [9.17, 15) is 12.8 Å². The maximum Gasteiger partial charge on any atom is 0.155 e. The number of hydrogen-bond acceptors (Lipinski definition) is 3. The van der Waals surface area contributed by atoms with Crippen LogP contribution in [0, 0.1) is 0 Å². The fourth-order valence-electron chi connectivity index (χ4n) is 1.70. The minimum atomic E-state index is -3.34. The summed E-state index contributed by atoms with van der Waals surface area (Å²) in [4.78, 5) is 0. The van der Waals surface area contributed by atoms with Crippen LogP contribution in [0.1, 0.15) is 32.8 Å². The van der Waals surface area contributed by atoms with E-state index >= 15 is 0 Å². The Kier molecular flexibility index (Phi) is 4.74. The fourth-order valence-corrected chi connectivity index (χ4v) is 2.91. The molecule has 1 atom stereocenters. The minimum Gasteiger partial charge on any atom is -0.327 e. The Morgan fingerprint density at radius 2 is 1.68 bits per heavy atom. The Labute approximate surface area is 114 Å². The summed E-state index contributed by atoms with van der Waals surface area (Å²) in [6.45, 7) is 4.63. The molecule has 0 aliphatic rings. The number of rotatable bonds is 5. The number of hydrogen-bond donors (Lipinski definition) is 1. The summed E-state index contributed by atoms with van der Waals surface area (Å²) in [7, 11) is -3.34. The zero-order chi connectivity index (χ0) is 14.7. The molecule has 0 aliphatic heterocycles. The summed E-state index contributed by atoms with van der Waals surface area (Å²) in [6.07, 6.45) is -0.118. The topological polar surface area (TPSA) is 60.2 Å². The van der Waals surface area contributed by atoms with Crippen molar-refractivity contribution in [3.8, 4) is 0 Å². The van der Waals surface area contributed by atoms with E-state index < -0.39 is 20.3 Å². The van der Waals surface area contributed by atoms with E-state index in [2.05, 4.69) is 0 Å². The molecule has 3 nitrogen and oxygen atoms in total. The van der Waals surface area contributed by atoms with Gasteiger partial charge in [-0.3, -0.25) is 0 Å². The summed E-state index contributed by atoms with van der Waals surface area (Å²) < 4.78 is 38.0. The van der Waals surface area contributed by atoms with Gasteiger partial charge < -0.3 is 5.73 Å². The zero-order valence-electron chi connectivity index (χ0n) is 11.7. The fraction of sp³-hybridized carbons (Fsp3) is 0.571. The van der Waals surface area contributed by atoms with Crippen molar-refractivity contribution in [1.29, 1.82) is 0 Å². The van der Waals surface area contributed by atoms with Crippen molar-refractivity contribution in [3.05, 3.63) is 35.9 Å². The maximum atomic E-state index is 14.8. The molecule has 0 aromatic heterocycles. The standard InChI is InChI=1S/C14H22FNO2S/c1-13(2,3)19(17,18)10-9-14(15,11-16)12-7-5-4-6-8-12/h4-8H,9-11,16H2,1-3H3. The van der Waals surface area contributed by atoms with Gasteiger partial charge in [-0.1, -0.05) is 30.3 Å². The number of sulfone groups is 1. The van der Waals surface area contributed by atoms with Crippen LogP contribution in [0.4, 0.5) is 4.39 Å². The van der Waals surface area contributed by atoms with Crippen LogP contribution in [0.3, 0.4) is 0 Å². The van der Waals surface area contributed by atoms with Crippen LogP contribution in [-0.2, 0) is 15.5 Å². The Bertz CT molecular complexity index is 508. The van der Waals surface area contributed by atoms with Gasteiger partial charge >= 0.3 is 0 Å². The number of halogens is 1. The second-order valence-electron chi connectivity index (χ2n) is 5.72. The van der Waals surface area contributed by atoms with Gasteiger partial charge in [-0.05, 0) is 26.3 Å². The highest BCUT2D eigenvalue weighted by Gasteiger charge is 2.35. The third-order valence-electron chi connectivity index (χ3n) is 3.31. The molecule has 5 heteroatoms. The van der Waals surface area contributed by atoms with Gasteiger partial charge in [0.1, 0.15) is 5.67 Å². The van der Waals surface area contributed by atoms with Gasteiger partial charge in [0, 0.05) is 13.0 Å². The van der Waals surface area contributed by atoms with E-state index in [1.807, 2.05) is 0 Å². The lowest BCUT2D eigenvalue weighted by atomic mass is 9.93. The third-order valence-corrected chi connectivity index (χ3v) is 5.92. The van der Waals surface area contributed by atoms with Crippen molar-refractivity contribution < 1.29 is 12.8 Å². The van der Waals surface area contributed by atoms with Crippen molar-refractivity contribution in [3.63, 3.8) is 0 Å². The molecule has 1 aromatic carbocycles. The highest BCUT2D eigenvalue weighted by molar-refractivity contribution is 7.92. The van der Waals surface area contributed by atoms with Gasteiger partial charge in [0.2, 0.25) is 0 Å². The molecule has 0 aliphatic carbocycles. The molecule has 19 heavy (non-hydrogen) atoms. The van der Waals surface area contributed by atoms with Crippen molar-refractivity contribution in [2.75, 3.05) is 12.3 Å². The first-order chi connectivity index (χ1) is 8.62. The molecule has 0 saturated heterocycles. The van der Waals surface area contributed by atoms with Crippen LogP contribution < -0.4 is 5.73 Å². The number of alkyl halides is 1. The average Bonchev–Trinajstić information content (AvgIpc) is 2.36. The summed E-state index contributed by atoms with van der Waals surface area (Å²) in [6, 6.07) is 8.49. The largest absolute Gasteiger partial charge is 0.327 e. The Morgan fingerprint density at radius 3 is 2.11 bits per heavy atom. The average molecular weight is 287 g/mol. The molecule has 0 radical (unpaired) electrons. The van der Waals surface area contributed by atoms with Gasteiger partial charge in [-0.2, -0.15) is 0 Å². The molecule has 0 bridgehead atoms. The van der Waals surface area contributed by atoms with Gasteiger partial charge in [-0.25, -0.2) is 12.8 Å². The minimum absolute atomic E-state index is 0.118. The maximum absolute atomic E-state index is 14.8. The van der Waals surface area contributed by atoms with Crippen molar-refractivity contribution >= 4 is 9.84 Å². The van der Waals surface area contributed by atoms with Gasteiger partial charge in [0.15, 0.2) is 9.84 Å². The Hall–Kier alpha value is -0.940. The molecule has 108 valence electrons. The molecule has 0 fully saturated rings. The molecule has 0 heterocycles. The lowest BCUT2D eigenvalue weighted by Crippen LogP contribution is -2.36. The molecule has 0 saturated carbocycles. The number of benzene rings is 1. The van der Waals surface area contributed by atoms with Gasteiger partial charge in [0.05, 0.1) is 10.5 Å². The monoisotopic (exact) mass is 287 g/mol. The van der Waals surface area contributed by atoms with Crippen LogP contribution in [0.15, 0.2) is 30.3 Å². The highest BCUT2D eigenvalue weighted by atomic mass is 32.2. The zero-order valence-corrected chi connectivity index (χ0v) is 12.5. The van der Waals surface area contributed by atoms with Crippen LogP contribution in [-0.4, -0.2) is 25.5 Å². The van der Waals surface area contributed by atoms with Crippen molar-refractivity contribution in [1.82, 2.24) is 0 Å². The van der Waals surface area contributed by atoms with Crippen molar-refractivity contribution in [2.24, 2.45) is 5.73 Å². The predicted molar refractivity (Wildman–Crippen MR) is 76.4 cm³/mol. The second-order valence-corrected chi connectivity index (χ2v) is 8.58. The van der Waals surface area contributed by atoms with Crippen molar-refractivity contribution in [2.45, 2.75) is 37.6 Å². The SMILES string of the molecule is CC(C)(C)S(=O)(=O)CCC(F)(CN)c1ccccc1. The van der Waals surface area contributed by atoms with E-state index in [4.69, 9.17) is 5.73 Å². The summed E-state index contributed by atoms with van der Waals surface area (Å²) in [5.74, 6) is -0.209. The lowest BCUT2D eigenvalue weighted by Gasteiger charge is -2.26. The quantitative estimate of drug-likeness (QED) is 0.904. The first-order valence-electron chi connectivity index (χ1n) is 6.29. The molecule has 1 unspecified atom stereocenters.